The van der Waals surface area contributed by atoms with Crippen LogP contribution in [0.5, 0.6) is 0 Å². The van der Waals surface area contributed by atoms with Crippen LogP contribution in [0.15, 0.2) is 79.5 Å². The maximum absolute atomic E-state index is 13.4. The van der Waals surface area contributed by atoms with Crippen molar-refractivity contribution >= 4 is 23.6 Å². The number of anilines is 3. The molecule has 6 rings (SSSR count). The molecule has 13 nitrogen and oxygen atoms in total. The van der Waals surface area contributed by atoms with Crippen molar-refractivity contribution in [3.63, 3.8) is 0 Å². The summed E-state index contributed by atoms with van der Waals surface area (Å²) in [5, 5.41) is 20.6. The topological polar surface area (TPSA) is 146 Å². The number of morpholine rings is 1. The first-order chi connectivity index (χ1) is 24.4. The summed E-state index contributed by atoms with van der Waals surface area (Å²) in [4.78, 5) is 31.0. The van der Waals surface area contributed by atoms with E-state index in [4.69, 9.17) is 14.5 Å². The Morgan fingerprint density at radius 1 is 1.12 bits per heavy atom. The fourth-order valence-corrected chi connectivity index (χ4v) is 6.15. The summed E-state index contributed by atoms with van der Waals surface area (Å²) >= 11 is 0. The van der Waals surface area contributed by atoms with Gasteiger partial charge in [0.2, 0.25) is 5.95 Å². The Bertz CT molecular complexity index is 1780. The van der Waals surface area contributed by atoms with Crippen LogP contribution in [0.25, 0.3) is 11.1 Å². The van der Waals surface area contributed by atoms with E-state index >= 15 is 0 Å². The summed E-state index contributed by atoms with van der Waals surface area (Å²) < 4.78 is 13.1. The number of pyridine rings is 1. The second-order valence-electron chi connectivity index (χ2n) is 12.8. The highest BCUT2D eigenvalue weighted by molar-refractivity contribution is 5.92. The Hall–Kier alpha value is -5.32. The predicted molar refractivity (Wildman–Crippen MR) is 191 cm³/mol. The zero-order chi connectivity index (χ0) is 34.8. The lowest BCUT2D eigenvalue weighted by Gasteiger charge is -2.48. The van der Waals surface area contributed by atoms with Crippen LogP contribution < -0.4 is 20.4 Å². The summed E-state index contributed by atoms with van der Waals surface area (Å²) in [5.74, 6) is 1.67. The van der Waals surface area contributed by atoms with E-state index in [9.17, 15) is 10.1 Å². The van der Waals surface area contributed by atoms with Gasteiger partial charge < -0.3 is 25.0 Å². The summed E-state index contributed by atoms with van der Waals surface area (Å²) in [6.45, 7) is 5.52. The average Bonchev–Trinajstić information content (AvgIpc) is 3.58. The van der Waals surface area contributed by atoms with E-state index in [-0.39, 0.29) is 17.7 Å². The van der Waals surface area contributed by atoms with Crippen molar-refractivity contribution in [2.75, 3.05) is 48.0 Å². The van der Waals surface area contributed by atoms with Gasteiger partial charge in [0.05, 0.1) is 38.8 Å². The molecule has 1 atom stereocenters. The summed E-state index contributed by atoms with van der Waals surface area (Å²) in [6, 6.07) is 15.8. The second kappa shape index (κ2) is 16.4. The Kier molecular flexibility index (Phi) is 11.3. The molecule has 2 saturated heterocycles. The number of aromatic nitrogens is 5. The molecule has 2 aliphatic rings. The van der Waals surface area contributed by atoms with Crippen LogP contribution in [-0.2, 0) is 23.1 Å². The molecule has 2 aliphatic heterocycles. The third-order valence-corrected chi connectivity index (χ3v) is 8.85. The van der Waals surface area contributed by atoms with Crippen molar-refractivity contribution in [3.8, 4) is 17.2 Å². The van der Waals surface area contributed by atoms with E-state index in [0.29, 0.717) is 62.6 Å². The van der Waals surface area contributed by atoms with E-state index in [1.165, 1.54) is 0 Å². The lowest BCUT2D eigenvalue weighted by molar-refractivity contribution is -0.211. The molecule has 50 heavy (non-hydrogen) atoms. The van der Waals surface area contributed by atoms with Gasteiger partial charge in [-0.3, -0.25) is 9.58 Å². The van der Waals surface area contributed by atoms with Crippen LogP contribution in [0, 0.1) is 11.3 Å². The molecule has 4 aromatic rings. The molecule has 3 aromatic heterocycles. The molecular weight excluding hydrogens is 632 g/mol. The molecule has 260 valence electrons. The van der Waals surface area contributed by atoms with Crippen LogP contribution in [0.1, 0.15) is 50.2 Å². The van der Waals surface area contributed by atoms with Crippen molar-refractivity contribution in [3.05, 3.63) is 90.7 Å². The third-order valence-electron chi connectivity index (χ3n) is 8.85. The van der Waals surface area contributed by atoms with Crippen LogP contribution >= 0.6 is 0 Å². The molecule has 2 N–H and O–H groups in total. The van der Waals surface area contributed by atoms with Crippen molar-refractivity contribution in [1.29, 1.82) is 5.26 Å². The van der Waals surface area contributed by atoms with E-state index in [0.717, 1.165) is 48.8 Å². The monoisotopic (exact) mass is 676 g/mol. The van der Waals surface area contributed by atoms with Gasteiger partial charge in [0.1, 0.15) is 23.1 Å². The van der Waals surface area contributed by atoms with Gasteiger partial charge in [0.25, 0.3) is 0 Å². The normalized spacial score (nSPS) is 15.7. The number of carbonyl (C=O) groups excluding carboxylic acids is 1. The molecule has 0 saturated carbocycles. The van der Waals surface area contributed by atoms with Gasteiger partial charge in [-0.05, 0) is 43.4 Å². The molecule has 2 amide bonds. The SMILES string of the molecule is CCC[C@H](CCC/C=C/N(C(=O)NCc1ccccc1)c1ccc(-c2cnn(C)c2)cn1)Nc1ncc(C#N)c(N2CCOC3(COC3)C2)n1. The first kappa shape index (κ1) is 34.5. The maximum Gasteiger partial charge on any atom is 0.327 e. The number of benzene rings is 1. The van der Waals surface area contributed by atoms with Gasteiger partial charge >= 0.3 is 6.03 Å². The van der Waals surface area contributed by atoms with Gasteiger partial charge in [-0.1, -0.05) is 49.8 Å². The number of allylic oxidation sites excluding steroid dienone is 1. The van der Waals surface area contributed by atoms with Crippen molar-refractivity contribution < 1.29 is 14.3 Å². The molecule has 1 aromatic carbocycles. The van der Waals surface area contributed by atoms with Gasteiger partial charge in [-0.2, -0.15) is 15.3 Å². The number of urea groups is 1. The zero-order valence-corrected chi connectivity index (χ0v) is 28.7. The molecule has 0 radical (unpaired) electrons. The fraction of sp³-hybridized carbons (Fsp3) is 0.405. The predicted octanol–water partition coefficient (Wildman–Crippen LogP) is 5.43. The number of ether oxygens (including phenoxy) is 2. The molecular formula is C37H44N10O3. The van der Waals surface area contributed by atoms with Crippen LogP contribution in [0.2, 0.25) is 0 Å². The number of nitrogens with one attached hydrogen (secondary N) is 2. The summed E-state index contributed by atoms with van der Waals surface area (Å²) in [7, 11) is 1.87. The highest BCUT2D eigenvalue weighted by atomic mass is 16.6. The number of carbonyl (C=O) groups is 1. The standard InChI is InChI=1S/C37H44N10O3/c1-3-10-32(43-35-40-22-30(19-38)34(44-35)46-17-18-50-37(25-46)26-49-27-37)13-8-5-9-16-47(36(48)41-20-28-11-6-4-7-12-28)33-15-14-29(21-39-33)31-23-42-45(2)24-31/h4,6-7,9,11-12,14-16,21-24,32H,3,5,8,10,13,17-18,20,25-27H2,1-2H3,(H,41,48)(H,40,43,44)/b16-9+/t32-/m1/s1. The van der Waals surface area contributed by atoms with E-state index < -0.39 is 0 Å². The molecule has 0 bridgehead atoms. The molecule has 0 unspecified atom stereocenters. The average molecular weight is 677 g/mol. The Balaban J connectivity index is 1.09. The number of hydrogen-bond acceptors (Lipinski definition) is 10. The van der Waals surface area contributed by atoms with Gasteiger partial charge in [0, 0.05) is 55.9 Å². The van der Waals surface area contributed by atoms with Crippen molar-refractivity contribution in [2.24, 2.45) is 7.05 Å². The Morgan fingerprint density at radius 2 is 1.98 bits per heavy atom. The molecule has 5 heterocycles. The first-order valence-electron chi connectivity index (χ1n) is 17.2. The highest BCUT2D eigenvalue weighted by Gasteiger charge is 2.44. The summed E-state index contributed by atoms with van der Waals surface area (Å²) in [5.41, 5.74) is 3.02. The maximum atomic E-state index is 13.4. The quantitative estimate of drug-likeness (QED) is 0.166. The number of amides is 2. The Morgan fingerprint density at radius 3 is 2.68 bits per heavy atom. The fourth-order valence-electron chi connectivity index (χ4n) is 6.15. The number of rotatable bonds is 14. The van der Waals surface area contributed by atoms with Crippen LogP contribution in [0.4, 0.5) is 22.4 Å². The van der Waals surface area contributed by atoms with E-state index in [2.05, 4.69) is 43.6 Å². The minimum Gasteiger partial charge on any atom is -0.375 e. The minimum absolute atomic E-state index is 0.150. The minimum atomic E-state index is -0.320. The van der Waals surface area contributed by atoms with Crippen molar-refractivity contribution in [1.82, 2.24) is 30.0 Å². The first-order valence-corrected chi connectivity index (χ1v) is 17.2. The lowest BCUT2D eigenvalue weighted by atomic mass is 9.99. The number of nitriles is 1. The van der Waals surface area contributed by atoms with Gasteiger partial charge in [0.15, 0.2) is 5.82 Å². The number of hydrogen-bond donors (Lipinski definition) is 2. The van der Waals surface area contributed by atoms with E-state index in [1.54, 1.807) is 34.4 Å². The molecule has 1 spiro atoms. The molecule has 0 aliphatic carbocycles. The highest BCUT2D eigenvalue weighted by Crippen LogP contribution is 2.30. The van der Waals surface area contributed by atoms with Crippen LogP contribution in [-0.4, -0.2) is 75.3 Å². The Labute approximate surface area is 293 Å². The third kappa shape index (κ3) is 8.63. The van der Waals surface area contributed by atoms with Gasteiger partial charge in [-0.15, -0.1) is 0 Å². The van der Waals surface area contributed by atoms with E-state index in [1.807, 2.05) is 61.8 Å². The lowest BCUT2D eigenvalue weighted by Crippen LogP contribution is -2.63. The summed E-state index contributed by atoms with van der Waals surface area (Å²) in [6.07, 6.45) is 15.4. The number of unbranched alkanes of at least 4 members (excludes halogenated alkanes) is 1. The zero-order valence-electron chi connectivity index (χ0n) is 28.7. The molecule has 2 fully saturated rings. The largest absolute Gasteiger partial charge is 0.375 e. The second-order valence-corrected chi connectivity index (χ2v) is 12.8. The number of nitrogens with zero attached hydrogens (tertiary/aromatic N) is 8. The smallest absolute Gasteiger partial charge is 0.327 e. The number of aryl methyl sites for hydroxylation is 1. The van der Waals surface area contributed by atoms with Crippen LogP contribution in [0.3, 0.4) is 0 Å². The van der Waals surface area contributed by atoms with Crippen molar-refractivity contribution in [2.45, 2.75) is 57.2 Å². The van der Waals surface area contributed by atoms with Gasteiger partial charge in [-0.25, -0.2) is 14.8 Å². The molecule has 13 heteroatoms.